The van der Waals surface area contributed by atoms with Crippen molar-refractivity contribution in [1.82, 2.24) is 9.88 Å². The number of amides is 1. The van der Waals surface area contributed by atoms with E-state index >= 15 is 0 Å². The summed E-state index contributed by atoms with van der Waals surface area (Å²) in [5.41, 5.74) is -0.449. The summed E-state index contributed by atoms with van der Waals surface area (Å²) in [7, 11) is 1.73. The van der Waals surface area contributed by atoms with E-state index in [4.69, 9.17) is 11.6 Å². The van der Waals surface area contributed by atoms with Gasteiger partial charge in [-0.1, -0.05) is 18.0 Å². The second-order valence-corrected chi connectivity index (χ2v) is 5.73. The molecule has 1 aliphatic rings. The lowest BCUT2D eigenvalue weighted by atomic mass is 9.85. The minimum atomic E-state index is -0.884. The standard InChI is InChI=1S/C13H17ClN2O3/c1-13(12(18)19)5-3-4-10(13)15-11(17)9-6-8(14)7-16(9)2/h6-7,10H,3-5H2,1-2H3,(H,15,17)(H,18,19). The molecule has 0 bridgehead atoms. The van der Waals surface area contributed by atoms with E-state index in [1.54, 1.807) is 30.8 Å². The molecule has 1 amide bonds. The fourth-order valence-electron chi connectivity index (χ4n) is 2.64. The van der Waals surface area contributed by atoms with Crippen molar-refractivity contribution in [2.45, 2.75) is 32.2 Å². The molecule has 0 aliphatic heterocycles. The van der Waals surface area contributed by atoms with Crippen LogP contribution in [0, 0.1) is 5.41 Å². The van der Waals surface area contributed by atoms with E-state index in [-0.39, 0.29) is 11.9 Å². The number of hydrogen-bond acceptors (Lipinski definition) is 2. The van der Waals surface area contributed by atoms with Crippen molar-refractivity contribution >= 4 is 23.5 Å². The van der Waals surface area contributed by atoms with Gasteiger partial charge in [0.15, 0.2) is 0 Å². The van der Waals surface area contributed by atoms with Crippen LogP contribution < -0.4 is 5.32 Å². The van der Waals surface area contributed by atoms with Gasteiger partial charge in [0, 0.05) is 19.3 Å². The van der Waals surface area contributed by atoms with E-state index in [1.807, 2.05) is 0 Å². The lowest BCUT2D eigenvalue weighted by Gasteiger charge is -2.27. The molecule has 1 aliphatic carbocycles. The predicted molar refractivity (Wildman–Crippen MR) is 71.3 cm³/mol. The molecule has 2 N–H and O–H groups in total. The lowest BCUT2D eigenvalue weighted by Crippen LogP contribution is -2.47. The third-order valence-corrected chi connectivity index (χ3v) is 4.16. The first kappa shape index (κ1) is 13.9. The molecule has 0 saturated heterocycles. The summed E-state index contributed by atoms with van der Waals surface area (Å²) >= 11 is 5.84. The van der Waals surface area contributed by atoms with Crippen LogP contribution >= 0.6 is 11.6 Å². The van der Waals surface area contributed by atoms with E-state index < -0.39 is 11.4 Å². The second kappa shape index (κ2) is 4.89. The summed E-state index contributed by atoms with van der Waals surface area (Å²) in [5, 5.41) is 12.6. The van der Waals surface area contributed by atoms with Crippen LogP contribution in [-0.2, 0) is 11.8 Å². The number of carbonyl (C=O) groups excluding carboxylic acids is 1. The molecule has 0 spiro atoms. The van der Waals surface area contributed by atoms with E-state index in [2.05, 4.69) is 5.32 Å². The van der Waals surface area contributed by atoms with E-state index in [9.17, 15) is 14.7 Å². The first-order valence-electron chi connectivity index (χ1n) is 6.21. The number of hydrogen-bond donors (Lipinski definition) is 2. The molecular formula is C13H17ClN2O3. The molecule has 1 aromatic rings. The van der Waals surface area contributed by atoms with Gasteiger partial charge in [0.2, 0.25) is 0 Å². The first-order valence-corrected chi connectivity index (χ1v) is 6.58. The highest BCUT2D eigenvalue weighted by Crippen LogP contribution is 2.38. The van der Waals surface area contributed by atoms with Crippen molar-refractivity contribution in [2.75, 3.05) is 0 Å². The first-order chi connectivity index (χ1) is 8.84. The number of carboxylic acid groups (broad SMARTS) is 1. The van der Waals surface area contributed by atoms with Gasteiger partial charge in [-0.25, -0.2) is 0 Å². The van der Waals surface area contributed by atoms with Crippen LogP contribution in [0.4, 0.5) is 0 Å². The summed E-state index contributed by atoms with van der Waals surface area (Å²) in [6.07, 6.45) is 3.72. The van der Waals surface area contributed by atoms with Crippen molar-refractivity contribution in [2.24, 2.45) is 12.5 Å². The van der Waals surface area contributed by atoms with Gasteiger partial charge >= 0.3 is 5.97 Å². The van der Waals surface area contributed by atoms with E-state index in [0.29, 0.717) is 23.6 Å². The van der Waals surface area contributed by atoms with E-state index in [0.717, 1.165) is 6.42 Å². The Labute approximate surface area is 116 Å². The Balaban J connectivity index is 2.15. The number of rotatable bonds is 3. The smallest absolute Gasteiger partial charge is 0.311 e. The highest BCUT2D eigenvalue weighted by atomic mass is 35.5. The third kappa shape index (κ3) is 2.47. The van der Waals surface area contributed by atoms with Crippen LogP contribution in [-0.4, -0.2) is 27.6 Å². The van der Waals surface area contributed by atoms with Gasteiger partial charge in [0.1, 0.15) is 5.69 Å². The molecule has 6 heteroatoms. The molecule has 1 aromatic heterocycles. The quantitative estimate of drug-likeness (QED) is 0.892. The maximum absolute atomic E-state index is 12.2. The Kier molecular flexibility index (Phi) is 3.58. The summed E-state index contributed by atoms with van der Waals surface area (Å²) in [5.74, 6) is -1.14. The van der Waals surface area contributed by atoms with Crippen LogP contribution in [0.3, 0.4) is 0 Å². The van der Waals surface area contributed by atoms with Crippen molar-refractivity contribution in [3.8, 4) is 0 Å². The van der Waals surface area contributed by atoms with Gasteiger partial charge in [-0.15, -0.1) is 0 Å². The highest BCUT2D eigenvalue weighted by molar-refractivity contribution is 6.31. The van der Waals surface area contributed by atoms with Crippen molar-refractivity contribution in [3.05, 3.63) is 23.0 Å². The number of aryl methyl sites for hydroxylation is 1. The number of carboxylic acids is 1. The van der Waals surface area contributed by atoms with Gasteiger partial charge in [0.25, 0.3) is 5.91 Å². The largest absolute Gasteiger partial charge is 0.481 e. The number of nitrogens with zero attached hydrogens (tertiary/aromatic N) is 1. The van der Waals surface area contributed by atoms with E-state index in [1.165, 1.54) is 0 Å². The molecule has 19 heavy (non-hydrogen) atoms. The van der Waals surface area contributed by atoms with Crippen molar-refractivity contribution < 1.29 is 14.7 Å². The van der Waals surface area contributed by atoms with Gasteiger partial charge in [0.05, 0.1) is 10.4 Å². The van der Waals surface area contributed by atoms with Gasteiger partial charge in [-0.3, -0.25) is 9.59 Å². The van der Waals surface area contributed by atoms with Crippen LogP contribution in [0.5, 0.6) is 0 Å². The average molecular weight is 285 g/mol. The summed E-state index contributed by atoms with van der Waals surface area (Å²) in [6, 6.07) is 1.23. The van der Waals surface area contributed by atoms with Gasteiger partial charge in [-0.2, -0.15) is 0 Å². The molecule has 104 valence electrons. The predicted octanol–water partition coefficient (Wildman–Crippen LogP) is 2.05. The average Bonchev–Trinajstić information content (AvgIpc) is 2.84. The van der Waals surface area contributed by atoms with Gasteiger partial charge in [-0.05, 0) is 25.8 Å². The Bertz CT molecular complexity index is 526. The fourth-order valence-corrected chi connectivity index (χ4v) is 2.89. The molecule has 1 fully saturated rings. The Morgan fingerprint density at radius 2 is 2.26 bits per heavy atom. The summed E-state index contributed by atoms with van der Waals surface area (Å²) in [4.78, 5) is 23.5. The zero-order valence-electron chi connectivity index (χ0n) is 10.9. The molecule has 5 nitrogen and oxygen atoms in total. The number of halogens is 1. The number of aromatic nitrogens is 1. The third-order valence-electron chi connectivity index (χ3n) is 3.96. The molecule has 2 rings (SSSR count). The topological polar surface area (TPSA) is 71.3 Å². The molecular weight excluding hydrogens is 268 g/mol. The Hall–Kier alpha value is -1.49. The van der Waals surface area contributed by atoms with Gasteiger partial charge < -0.3 is 15.0 Å². The maximum Gasteiger partial charge on any atom is 0.311 e. The minimum Gasteiger partial charge on any atom is -0.481 e. The zero-order chi connectivity index (χ0) is 14.2. The minimum absolute atomic E-state index is 0.284. The number of nitrogens with one attached hydrogen (secondary N) is 1. The normalized spacial score (nSPS) is 26.4. The SMILES string of the molecule is Cn1cc(Cl)cc1C(=O)NC1CCCC1(C)C(=O)O. The second-order valence-electron chi connectivity index (χ2n) is 5.30. The molecule has 2 unspecified atom stereocenters. The zero-order valence-corrected chi connectivity index (χ0v) is 11.7. The molecule has 0 aromatic carbocycles. The van der Waals surface area contributed by atoms with Crippen LogP contribution in [0.1, 0.15) is 36.7 Å². The Morgan fingerprint density at radius 1 is 1.58 bits per heavy atom. The number of carbonyl (C=O) groups is 2. The fraction of sp³-hybridized carbons (Fsp3) is 0.538. The summed E-state index contributed by atoms with van der Waals surface area (Å²) < 4.78 is 1.63. The van der Waals surface area contributed by atoms with Crippen molar-refractivity contribution in [1.29, 1.82) is 0 Å². The molecule has 1 heterocycles. The molecule has 1 saturated carbocycles. The number of aliphatic carboxylic acids is 1. The van der Waals surface area contributed by atoms with Crippen LogP contribution in [0.15, 0.2) is 12.3 Å². The maximum atomic E-state index is 12.2. The summed E-state index contributed by atoms with van der Waals surface area (Å²) in [6.45, 7) is 1.69. The van der Waals surface area contributed by atoms with Crippen molar-refractivity contribution in [3.63, 3.8) is 0 Å². The monoisotopic (exact) mass is 284 g/mol. The van der Waals surface area contributed by atoms with Crippen LogP contribution in [0.2, 0.25) is 5.02 Å². The lowest BCUT2D eigenvalue weighted by molar-refractivity contribution is -0.148. The van der Waals surface area contributed by atoms with Crippen LogP contribution in [0.25, 0.3) is 0 Å². The molecule has 0 radical (unpaired) electrons. The highest BCUT2D eigenvalue weighted by Gasteiger charge is 2.46. The Morgan fingerprint density at radius 3 is 2.79 bits per heavy atom. The molecule has 2 atom stereocenters.